The third-order valence-electron chi connectivity index (χ3n) is 3.57. The number of nitrogens with one attached hydrogen (secondary N) is 1. The van der Waals surface area contributed by atoms with Crippen LogP contribution in [0.5, 0.6) is 0 Å². The van der Waals surface area contributed by atoms with E-state index in [9.17, 15) is 0 Å². The second kappa shape index (κ2) is 6.37. The molecule has 0 aliphatic carbocycles. The van der Waals surface area contributed by atoms with Crippen LogP contribution in [-0.4, -0.2) is 36.6 Å². The van der Waals surface area contributed by atoms with Crippen molar-refractivity contribution < 1.29 is 14.1 Å². The van der Waals surface area contributed by atoms with Crippen LogP contribution in [0, 0.1) is 0 Å². The van der Waals surface area contributed by atoms with E-state index in [1.54, 1.807) is 6.20 Å². The molecule has 0 spiro atoms. The molecule has 20 heavy (non-hydrogen) atoms. The predicted molar refractivity (Wildman–Crippen MR) is 81.2 cm³/mol. The largest absolute Gasteiger partial charge is 0.495 e. The molecular formula is C14H23BN2O3. The lowest BCUT2D eigenvalue weighted by Crippen LogP contribution is -2.41. The molecule has 1 aliphatic heterocycles. The number of nitrogens with zero attached hydrogens (tertiary/aromatic N) is 1. The summed E-state index contributed by atoms with van der Waals surface area (Å²) in [5, 5.41) is 3.01. The van der Waals surface area contributed by atoms with Gasteiger partial charge in [-0.25, -0.2) is 4.98 Å². The number of carbonyl (C=O) groups is 1. The minimum atomic E-state index is -0.324. The van der Waals surface area contributed by atoms with Gasteiger partial charge in [-0.05, 0) is 52.2 Å². The molecule has 0 saturated carbocycles. The van der Waals surface area contributed by atoms with Gasteiger partial charge in [0.05, 0.1) is 11.2 Å². The quantitative estimate of drug-likeness (QED) is 0.658. The Morgan fingerprint density at radius 1 is 1.25 bits per heavy atom. The minimum absolute atomic E-state index is 0.305. The predicted octanol–water partition coefficient (Wildman–Crippen LogP) is 1.63. The number of pyridine rings is 1. The lowest BCUT2D eigenvalue weighted by atomic mass is 9.80. The van der Waals surface area contributed by atoms with Gasteiger partial charge in [0.15, 0.2) is 0 Å². The topological polar surface area (TPSA) is 60.5 Å². The Kier molecular flexibility index (Phi) is 5.31. The molecule has 1 aliphatic rings. The summed E-state index contributed by atoms with van der Waals surface area (Å²) in [6, 6.07) is 3.87. The van der Waals surface area contributed by atoms with E-state index < -0.39 is 0 Å². The zero-order valence-electron chi connectivity index (χ0n) is 13.1. The van der Waals surface area contributed by atoms with Crippen molar-refractivity contribution in [3.05, 3.63) is 18.3 Å². The maximum Gasteiger partial charge on any atom is 0.495 e. The van der Waals surface area contributed by atoms with Crippen molar-refractivity contribution in [1.82, 2.24) is 4.98 Å². The summed E-state index contributed by atoms with van der Waals surface area (Å²) in [6.07, 6.45) is 2.51. The van der Waals surface area contributed by atoms with Crippen LogP contribution < -0.4 is 10.8 Å². The molecule has 0 unspecified atom stereocenters. The number of anilines is 1. The summed E-state index contributed by atoms with van der Waals surface area (Å²) in [7, 11) is 1.52. The van der Waals surface area contributed by atoms with Gasteiger partial charge in [0, 0.05) is 13.2 Å². The molecule has 0 amide bonds. The van der Waals surface area contributed by atoms with E-state index in [2.05, 4.69) is 10.3 Å². The van der Waals surface area contributed by atoms with Gasteiger partial charge in [0.1, 0.15) is 12.1 Å². The van der Waals surface area contributed by atoms with Crippen LogP contribution in [-0.2, 0) is 14.1 Å². The number of aromatic nitrogens is 1. The number of aldehydes is 1. The van der Waals surface area contributed by atoms with E-state index in [0.29, 0.717) is 0 Å². The van der Waals surface area contributed by atoms with E-state index in [4.69, 9.17) is 14.1 Å². The number of hydrogen-bond donors (Lipinski definition) is 1. The molecule has 5 nitrogen and oxygen atoms in total. The first-order valence-electron chi connectivity index (χ1n) is 6.66. The highest BCUT2D eigenvalue weighted by Crippen LogP contribution is 2.36. The molecule has 2 rings (SSSR count). The van der Waals surface area contributed by atoms with Crippen molar-refractivity contribution in [3.63, 3.8) is 0 Å². The zero-order valence-corrected chi connectivity index (χ0v) is 13.1. The standard InChI is InChI=1S/C12H19BN2O2.C2H4O/c1-11(2)12(3,4)17-13(16-11)9-6-7-15-10(8-9)14-5;1-2-3/h6-8H,1-5H3,(H,14,15);2H,1H3. The summed E-state index contributed by atoms with van der Waals surface area (Å²) >= 11 is 0. The molecule has 1 aromatic rings. The van der Waals surface area contributed by atoms with Gasteiger partial charge < -0.3 is 19.4 Å². The lowest BCUT2D eigenvalue weighted by molar-refractivity contribution is -0.106. The van der Waals surface area contributed by atoms with Crippen molar-refractivity contribution in [2.24, 2.45) is 0 Å². The summed E-state index contributed by atoms with van der Waals surface area (Å²) in [5.41, 5.74) is 0.379. The number of rotatable bonds is 2. The van der Waals surface area contributed by atoms with Crippen LogP contribution in [0.4, 0.5) is 5.82 Å². The molecule has 1 fully saturated rings. The van der Waals surface area contributed by atoms with Gasteiger partial charge >= 0.3 is 7.12 Å². The van der Waals surface area contributed by atoms with Crippen molar-refractivity contribution in [1.29, 1.82) is 0 Å². The van der Waals surface area contributed by atoms with Gasteiger partial charge in [-0.3, -0.25) is 0 Å². The fraction of sp³-hybridized carbons (Fsp3) is 0.571. The van der Waals surface area contributed by atoms with E-state index in [1.807, 2.05) is 46.9 Å². The van der Waals surface area contributed by atoms with Crippen LogP contribution in [0.2, 0.25) is 0 Å². The minimum Gasteiger partial charge on any atom is -0.399 e. The van der Waals surface area contributed by atoms with Crippen molar-refractivity contribution in [2.45, 2.75) is 45.8 Å². The monoisotopic (exact) mass is 278 g/mol. The molecule has 1 saturated heterocycles. The number of carbonyl (C=O) groups excluding carboxylic acids is 1. The molecule has 110 valence electrons. The van der Waals surface area contributed by atoms with E-state index in [1.165, 1.54) is 6.92 Å². The molecule has 1 aromatic heterocycles. The van der Waals surface area contributed by atoms with Gasteiger partial charge in [0.2, 0.25) is 0 Å². The molecule has 0 radical (unpaired) electrons. The molecule has 0 atom stereocenters. The highest BCUT2D eigenvalue weighted by molar-refractivity contribution is 6.62. The Morgan fingerprint density at radius 3 is 2.20 bits per heavy atom. The average molecular weight is 278 g/mol. The second-order valence-electron chi connectivity index (χ2n) is 5.55. The molecular weight excluding hydrogens is 255 g/mol. The molecule has 0 bridgehead atoms. The normalized spacial score (nSPS) is 19.0. The molecule has 0 aromatic carbocycles. The van der Waals surface area contributed by atoms with Crippen molar-refractivity contribution >= 4 is 24.7 Å². The zero-order chi connectivity index (χ0) is 15.4. The Hall–Kier alpha value is -1.40. The Morgan fingerprint density at radius 2 is 1.75 bits per heavy atom. The summed E-state index contributed by atoms with van der Waals surface area (Å²) in [6.45, 7) is 9.64. The highest BCUT2D eigenvalue weighted by atomic mass is 16.7. The van der Waals surface area contributed by atoms with Gasteiger partial charge in [-0.2, -0.15) is 0 Å². The highest BCUT2D eigenvalue weighted by Gasteiger charge is 2.51. The average Bonchev–Trinajstić information content (AvgIpc) is 2.60. The van der Waals surface area contributed by atoms with Gasteiger partial charge in [-0.1, -0.05) is 0 Å². The third-order valence-corrected chi connectivity index (χ3v) is 3.57. The first-order valence-corrected chi connectivity index (χ1v) is 6.66. The van der Waals surface area contributed by atoms with E-state index >= 15 is 0 Å². The van der Waals surface area contributed by atoms with Crippen LogP contribution in [0.1, 0.15) is 34.6 Å². The van der Waals surface area contributed by atoms with Crippen LogP contribution in [0.3, 0.4) is 0 Å². The van der Waals surface area contributed by atoms with Crippen LogP contribution in [0.25, 0.3) is 0 Å². The Labute approximate surface area is 121 Å². The third kappa shape index (κ3) is 3.58. The molecule has 6 heteroatoms. The first-order chi connectivity index (χ1) is 9.27. The van der Waals surface area contributed by atoms with Gasteiger partial charge in [-0.15, -0.1) is 0 Å². The second-order valence-corrected chi connectivity index (χ2v) is 5.55. The SMILES string of the molecule is CC=O.CNc1cc(B2OC(C)(C)C(C)(C)O2)ccn1. The maximum absolute atomic E-state index is 8.81. The Balaban J connectivity index is 0.000000612. The molecule has 1 N–H and O–H groups in total. The smallest absolute Gasteiger partial charge is 0.399 e. The van der Waals surface area contributed by atoms with Gasteiger partial charge in [0.25, 0.3) is 0 Å². The summed E-state index contributed by atoms with van der Waals surface area (Å²) in [4.78, 5) is 13.0. The molecule has 2 heterocycles. The van der Waals surface area contributed by atoms with Crippen molar-refractivity contribution in [3.8, 4) is 0 Å². The van der Waals surface area contributed by atoms with Crippen LogP contribution >= 0.6 is 0 Å². The lowest BCUT2D eigenvalue weighted by Gasteiger charge is -2.32. The summed E-state index contributed by atoms with van der Waals surface area (Å²) < 4.78 is 11.9. The Bertz CT molecular complexity index is 447. The van der Waals surface area contributed by atoms with E-state index in [0.717, 1.165) is 17.6 Å². The van der Waals surface area contributed by atoms with Crippen LogP contribution in [0.15, 0.2) is 18.3 Å². The van der Waals surface area contributed by atoms with Crippen molar-refractivity contribution in [2.75, 3.05) is 12.4 Å². The fourth-order valence-electron chi connectivity index (χ4n) is 1.71. The fourth-order valence-corrected chi connectivity index (χ4v) is 1.71. The summed E-state index contributed by atoms with van der Waals surface area (Å²) in [5.74, 6) is 0.817. The number of hydrogen-bond acceptors (Lipinski definition) is 5. The van der Waals surface area contributed by atoms with E-state index in [-0.39, 0.29) is 18.3 Å². The first kappa shape index (κ1) is 16.7. The maximum atomic E-state index is 8.81.